The molecular weight excluding hydrogens is 322 g/mol. The monoisotopic (exact) mass is 343 g/mol. The van der Waals surface area contributed by atoms with Gasteiger partial charge in [0, 0.05) is 12.0 Å². The van der Waals surface area contributed by atoms with Crippen LogP contribution >= 0.6 is 0 Å². The van der Waals surface area contributed by atoms with Crippen LogP contribution in [0.5, 0.6) is 11.5 Å². The quantitative estimate of drug-likeness (QED) is 0.866. The molecule has 4 rings (SSSR count). The molecule has 7 nitrogen and oxygen atoms in total. The lowest BCUT2D eigenvalue weighted by molar-refractivity contribution is -0.126. The minimum atomic E-state index is -0.427. The third-order valence-electron chi connectivity index (χ3n) is 4.48. The molecule has 0 bridgehead atoms. The largest absolute Gasteiger partial charge is 0.454 e. The topological polar surface area (TPSA) is 76.8 Å². The number of aromatic nitrogens is 1. The SMILES string of the molecule is CN(C)[C@H](C(=O)NCc1cc(C2CC2)on1)c1ccc2c(c1)OCO2. The van der Waals surface area contributed by atoms with Crippen LogP contribution in [0, 0.1) is 0 Å². The maximum atomic E-state index is 12.7. The van der Waals surface area contributed by atoms with Crippen LogP contribution in [0.2, 0.25) is 0 Å². The van der Waals surface area contributed by atoms with Crippen LogP contribution in [0.25, 0.3) is 0 Å². The second-order valence-electron chi connectivity index (χ2n) is 6.69. The number of hydrogen-bond donors (Lipinski definition) is 1. The second kappa shape index (κ2) is 6.40. The molecule has 2 aliphatic rings. The van der Waals surface area contributed by atoms with Crippen molar-refractivity contribution in [3.8, 4) is 11.5 Å². The first-order valence-electron chi connectivity index (χ1n) is 8.41. The van der Waals surface area contributed by atoms with Crippen molar-refractivity contribution in [1.29, 1.82) is 0 Å². The number of carbonyl (C=O) groups is 1. The number of amides is 1. The smallest absolute Gasteiger partial charge is 0.242 e. The third kappa shape index (κ3) is 3.32. The fourth-order valence-electron chi connectivity index (χ4n) is 3.01. The summed E-state index contributed by atoms with van der Waals surface area (Å²) in [7, 11) is 3.74. The fourth-order valence-corrected chi connectivity index (χ4v) is 3.01. The van der Waals surface area contributed by atoms with E-state index in [1.807, 2.05) is 43.3 Å². The van der Waals surface area contributed by atoms with Crippen LogP contribution in [0.15, 0.2) is 28.8 Å². The molecule has 0 saturated heterocycles. The molecule has 1 aromatic carbocycles. The van der Waals surface area contributed by atoms with Gasteiger partial charge in [-0.1, -0.05) is 11.2 Å². The Labute approximate surface area is 145 Å². The predicted octanol–water partition coefficient (Wildman–Crippen LogP) is 2.20. The zero-order valence-electron chi connectivity index (χ0n) is 14.3. The lowest BCUT2D eigenvalue weighted by atomic mass is 10.0. The van der Waals surface area contributed by atoms with E-state index in [0.717, 1.165) is 29.9 Å². The summed E-state index contributed by atoms with van der Waals surface area (Å²) in [6.07, 6.45) is 2.32. The normalized spacial score (nSPS) is 16.9. The van der Waals surface area contributed by atoms with E-state index >= 15 is 0 Å². The molecule has 1 fully saturated rings. The molecule has 1 aliphatic carbocycles. The minimum Gasteiger partial charge on any atom is -0.454 e. The van der Waals surface area contributed by atoms with Gasteiger partial charge >= 0.3 is 0 Å². The Bertz CT molecular complexity index is 782. The number of hydrogen-bond acceptors (Lipinski definition) is 6. The van der Waals surface area contributed by atoms with Gasteiger partial charge in [-0.3, -0.25) is 9.69 Å². The number of rotatable bonds is 6. The second-order valence-corrected chi connectivity index (χ2v) is 6.69. The van der Waals surface area contributed by atoms with Crippen molar-refractivity contribution in [3.05, 3.63) is 41.3 Å². The van der Waals surface area contributed by atoms with Crippen LogP contribution in [0.1, 0.15) is 41.8 Å². The average molecular weight is 343 g/mol. The Morgan fingerprint density at radius 3 is 2.84 bits per heavy atom. The van der Waals surface area contributed by atoms with E-state index in [1.54, 1.807) is 0 Å². The highest BCUT2D eigenvalue weighted by molar-refractivity contribution is 5.83. The summed E-state index contributed by atoms with van der Waals surface area (Å²) in [4.78, 5) is 14.6. The number of likely N-dealkylation sites (N-methyl/N-ethyl adjacent to an activating group) is 1. The van der Waals surface area contributed by atoms with Crippen molar-refractivity contribution in [3.63, 3.8) is 0 Å². The summed E-state index contributed by atoms with van der Waals surface area (Å²) in [5, 5.41) is 6.98. The maximum absolute atomic E-state index is 12.7. The van der Waals surface area contributed by atoms with Gasteiger partial charge < -0.3 is 19.3 Å². The third-order valence-corrected chi connectivity index (χ3v) is 4.48. The van der Waals surface area contributed by atoms with Gasteiger partial charge in [0.25, 0.3) is 0 Å². The number of nitrogens with one attached hydrogen (secondary N) is 1. The summed E-state index contributed by atoms with van der Waals surface area (Å²) in [6.45, 7) is 0.567. The number of carbonyl (C=O) groups excluding carboxylic acids is 1. The van der Waals surface area contributed by atoms with Crippen LogP contribution in [0.3, 0.4) is 0 Å². The Hall–Kier alpha value is -2.54. The Balaban J connectivity index is 1.45. The molecule has 2 heterocycles. The molecule has 1 aromatic heterocycles. The van der Waals surface area contributed by atoms with Crippen molar-refractivity contribution in [2.45, 2.75) is 31.3 Å². The first kappa shape index (κ1) is 16.0. The zero-order valence-corrected chi connectivity index (χ0v) is 14.3. The standard InChI is InChI=1S/C18H21N3O4/c1-21(2)17(12-5-6-14-16(7-12)24-10-23-14)18(22)19-9-13-8-15(25-20-13)11-3-4-11/h5-8,11,17H,3-4,9-10H2,1-2H3,(H,19,22)/t17-/m0/s1. The Kier molecular flexibility index (Phi) is 4.09. The molecule has 7 heteroatoms. The van der Waals surface area contributed by atoms with Crippen molar-refractivity contribution in [2.24, 2.45) is 0 Å². The van der Waals surface area contributed by atoms with Gasteiger partial charge in [-0.05, 0) is 44.6 Å². The molecule has 2 aromatic rings. The van der Waals surface area contributed by atoms with Crippen molar-refractivity contribution < 1.29 is 18.8 Å². The molecule has 1 saturated carbocycles. The first-order valence-corrected chi connectivity index (χ1v) is 8.41. The maximum Gasteiger partial charge on any atom is 0.242 e. The highest BCUT2D eigenvalue weighted by Crippen LogP contribution is 2.40. The summed E-state index contributed by atoms with van der Waals surface area (Å²) in [5.41, 5.74) is 1.60. The lowest BCUT2D eigenvalue weighted by Crippen LogP contribution is -2.36. The van der Waals surface area contributed by atoms with Gasteiger partial charge in [-0.25, -0.2) is 0 Å². The Morgan fingerprint density at radius 1 is 1.28 bits per heavy atom. The molecule has 1 N–H and O–H groups in total. The van der Waals surface area contributed by atoms with Gasteiger partial charge in [0.1, 0.15) is 17.5 Å². The van der Waals surface area contributed by atoms with Gasteiger partial charge in [-0.2, -0.15) is 0 Å². The highest BCUT2D eigenvalue weighted by atomic mass is 16.7. The number of nitrogens with zero attached hydrogens (tertiary/aromatic N) is 2. The summed E-state index contributed by atoms with van der Waals surface area (Å²) >= 11 is 0. The van der Waals surface area contributed by atoms with Crippen LogP contribution in [0.4, 0.5) is 0 Å². The number of ether oxygens (including phenoxy) is 2. The summed E-state index contributed by atoms with van der Waals surface area (Å²) in [5.74, 6) is 2.71. The van der Waals surface area contributed by atoms with E-state index < -0.39 is 6.04 Å². The van der Waals surface area contributed by atoms with E-state index in [0.29, 0.717) is 24.0 Å². The predicted molar refractivity (Wildman–Crippen MR) is 89.3 cm³/mol. The summed E-state index contributed by atoms with van der Waals surface area (Å²) < 4.78 is 16.1. The van der Waals surface area contributed by atoms with E-state index in [2.05, 4.69) is 10.5 Å². The van der Waals surface area contributed by atoms with E-state index in [1.165, 1.54) is 0 Å². The number of fused-ring (bicyclic) bond motifs is 1. The van der Waals surface area contributed by atoms with Crippen LogP contribution < -0.4 is 14.8 Å². The Morgan fingerprint density at radius 2 is 2.08 bits per heavy atom. The van der Waals surface area contributed by atoms with Crippen molar-refractivity contribution in [2.75, 3.05) is 20.9 Å². The van der Waals surface area contributed by atoms with E-state index in [4.69, 9.17) is 14.0 Å². The van der Waals surface area contributed by atoms with E-state index in [-0.39, 0.29) is 12.7 Å². The van der Waals surface area contributed by atoms with E-state index in [9.17, 15) is 4.79 Å². The first-order chi connectivity index (χ1) is 12.1. The van der Waals surface area contributed by atoms with Crippen molar-refractivity contribution >= 4 is 5.91 Å². The molecule has 132 valence electrons. The molecule has 0 radical (unpaired) electrons. The average Bonchev–Trinajstić information content (AvgIpc) is 3.15. The highest BCUT2D eigenvalue weighted by Gasteiger charge is 2.28. The molecule has 1 aliphatic heterocycles. The zero-order chi connectivity index (χ0) is 17.4. The molecule has 0 spiro atoms. The number of benzene rings is 1. The van der Waals surface area contributed by atoms with Crippen LogP contribution in [-0.2, 0) is 11.3 Å². The molecule has 1 atom stereocenters. The molecule has 25 heavy (non-hydrogen) atoms. The molecule has 1 amide bonds. The van der Waals surface area contributed by atoms with Gasteiger partial charge in [0.2, 0.25) is 12.7 Å². The molecular formula is C18H21N3O4. The van der Waals surface area contributed by atoms with Gasteiger partial charge in [0.05, 0.1) is 6.54 Å². The fraction of sp³-hybridized carbons (Fsp3) is 0.444. The van der Waals surface area contributed by atoms with Gasteiger partial charge in [-0.15, -0.1) is 0 Å². The minimum absolute atomic E-state index is 0.0974. The lowest BCUT2D eigenvalue weighted by Gasteiger charge is -2.23. The van der Waals surface area contributed by atoms with Gasteiger partial charge in [0.15, 0.2) is 11.5 Å². The summed E-state index contributed by atoms with van der Waals surface area (Å²) in [6, 6.07) is 7.08. The van der Waals surface area contributed by atoms with Crippen molar-refractivity contribution in [1.82, 2.24) is 15.4 Å². The van der Waals surface area contributed by atoms with Crippen LogP contribution in [-0.4, -0.2) is 36.9 Å². The molecule has 0 unspecified atom stereocenters.